The number of nitrogens with zero attached hydrogens (tertiary/aromatic N) is 5. The molecule has 0 spiro atoms. The SMILES string of the molecule is Fc1ccc(C(=C(c2ccc(C=Cc3nn[nH]n3)cc2)c2ccc3nccn3c2)C2CCC2)c(Cl)c1. The van der Waals surface area contributed by atoms with Gasteiger partial charge in [-0.3, -0.25) is 0 Å². The van der Waals surface area contributed by atoms with Crippen LogP contribution in [0.2, 0.25) is 5.02 Å². The lowest BCUT2D eigenvalue weighted by Gasteiger charge is -2.32. The Kier molecular flexibility index (Phi) is 5.91. The van der Waals surface area contributed by atoms with Crippen molar-refractivity contribution in [3.05, 3.63) is 112 Å². The molecule has 36 heavy (non-hydrogen) atoms. The van der Waals surface area contributed by atoms with Gasteiger partial charge in [-0.2, -0.15) is 5.21 Å². The molecular weight excluding hydrogens is 475 g/mol. The van der Waals surface area contributed by atoms with Crippen molar-refractivity contribution in [2.45, 2.75) is 19.3 Å². The zero-order valence-electron chi connectivity index (χ0n) is 19.3. The van der Waals surface area contributed by atoms with E-state index in [-0.39, 0.29) is 5.82 Å². The number of hydrogen-bond donors (Lipinski definition) is 1. The van der Waals surface area contributed by atoms with Crippen LogP contribution < -0.4 is 0 Å². The summed E-state index contributed by atoms with van der Waals surface area (Å²) in [6.45, 7) is 0. The van der Waals surface area contributed by atoms with Crippen LogP contribution in [-0.4, -0.2) is 30.0 Å². The van der Waals surface area contributed by atoms with Gasteiger partial charge in [0.25, 0.3) is 0 Å². The first-order chi connectivity index (χ1) is 17.7. The molecule has 1 aliphatic carbocycles. The van der Waals surface area contributed by atoms with Gasteiger partial charge in [0.2, 0.25) is 0 Å². The molecule has 3 heterocycles. The van der Waals surface area contributed by atoms with E-state index in [9.17, 15) is 4.39 Å². The van der Waals surface area contributed by atoms with Gasteiger partial charge >= 0.3 is 0 Å². The molecule has 3 aromatic heterocycles. The van der Waals surface area contributed by atoms with E-state index in [4.69, 9.17) is 11.6 Å². The van der Waals surface area contributed by atoms with Crippen LogP contribution in [0.25, 0.3) is 28.9 Å². The van der Waals surface area contributed by atoms with E-state index in [1.807, 2.05) is 28.8 Å². The van der Waals surface area contributed by atoms with Gasteiger partial charge in [-0.05, 0) is 87.7 Å². The molecule has 0 bridgehead atoms. The van der Waals surface area contributed by atoms with Crippen molar-refractivity contribution in [2.24, 2.45) is 5.92 Å². The van der Waals surface area contributed by atoms with Crippen molar-refractivity contribution >= 4 is 40.5 Å². The van der Waals surface area contributed by atoms with Crippen molar-refractivity contribution in [2.75, 3.05) is 0 Å². The lowest BCUT2D eigenvalue weighted by molar-refractivity contribution is 0.401. The highest BCUT2D eigenvalue weighted by atomic mass is 35.5. The summed E-state index contributed by atoms with van der Waals surface area (Å²) >= 11 is 6.64. The van der Waals surface area contributed by atoms with E-state index in [0.717, 1.165) is 51.9 Å². The second-order valence-electron chi connectivity index (χ2n) is 8.88. The molecule has 1 saturated carbocycles. The number of nitrogens with one attached hydrogen (secondary N) is 1. The van der Waals surface area contributed by atoms with E-state index >= 15 is 0 Å². The Morgan fingerprint density at radius 2 is 1.86 bits per heavy atom. The molecule has 0 atom stereocenters. The number of aromatic nitrogens is 6. The van der Waals surface area contributed by atoms with Gasteiger partial charge in [-0.25, -0.2) is 9.37 Å². The number of imidazole rings is 1. The minimum Gasteiger partial charge on any atom is -0.306 e. The monoisotopic (exact) mass is 496 g/mol. The Bertz CT molecular complexity index is 1580. The fraction of sp³-hybridized carbons (Fsp3) is 0.143. The third kappa shape index (κ3) is 4.33. The highest BCUT2D eigenvalue weighted by molar-refractivity contribution is 6.32. The molecule has 1 aliphatic rings. The summed E-state index contributed by atoms with van der Waals surface area (Å²) in [5, 5.41) is 14.4. The molecule has 8 heteroatoms. The number of rotatable bonds is 6. The van der Waals surface area contributed by atoms with E-state index in [1.165, 1.54) is 18.6 Å². The van der Waals surface area contributed by atoms with Crippen LogP contribution in [0.4, 0.5) is 4.39 Å². The molecule has 0 saturated heterocycles. The van der Waals surface area contributed by atoms with Crippen LogP contribution in [-0.2, 0) is 0 Å². The van der Waals surface area contributed by atoms with Gasteiger partial charge in [-0.15, -0.1) is 10.2 Å². The van der Waals surface area contributed by atoms with Gasteiger partial charge in [0, 0.05) is 18.6 Å². The van der Waals surface area contributed by atoms with E-state index in [2.05, 4.69) is 62.1 Å². The minimum atomic E-state index is -0.337. The Labute approximate surface area is 212 Å². The van der Waals surface area contributed by atoms with Gasteiger partial charge in [-0.1, -0.05) is 54.4 Å². The molecule has 5 aromatic rings. The molecule has 0 radical (unpaired) electrons. The Morgan fingerprint density at radius 3 is 2.58 bits per heavy atom. The maximum absolute atomic E-state index is 14.0. The maximum atomic E-state index is 14.0. The Balaban J connectivity index is 1.53. The highest BCUT2D eigenvalue weighted by Gasteiger charge is 2.28. The second kappa shape index (κ2) is 9.51. The average molecular weight is 497 g/mol. The van der Waals surface area contributed by atoms with Gasteiger partial charge in [0.1, 0.15) is 11.5 Å². The second-order valence-corrected chi connectivity index (χ2v) is 9.28. The van der Waals surface area contributed by atoms with Crippen LogP contribution in [0.1, 0.15) is 47.3 Å². The maximum Gasteiger partial charge on any atom is 0.197 e. The van der Waals surface area contributed by atoms with Crippen LogP contribution in [0, 0.1) is 11.7 Å². The molecule has 0 unspecified atom stereocenters. The number of tetrazole rings is 1. The smallest absolute Gasteiger partial charge is 0.197 e. The molecular formula is C28H22ClFN6. The molecule has 1 fully saturated rings. The van der Waals surface area contributed by atoms with Crippen LogP contribution >= 0.6 is 11.6 Å². The zero-order chi connectivity index (χ0) is 24.5. The van der Waals surface area contributed by atoms with E-state index in [1.54, 1.807) is 12.3 Å². The summed E-state index contributed by atoms with van der Waals surface area (Å²) in [4.78, 5) is 4.39. The molecule has 0 aliphatic heterocycles. The van der Waals surface area contributed by atoms with Crippen molar-refractivity contribution in [1.29, 1.82) is 0 Å². The largest absolute Gasteiger partial charge is 0.306 e. The number of allylic oxidation sites excluding steroid dienone is 1. The summed E-state index contributed by atoms with van der Waals surface area (Å²) in [7, 11) is 0. The number of fused-ring (bicyclic) bond motifs is 1. The fourth-order valence-electron chi connectivity index (χ4n) is 4.68. The predicted molar refractivity (Wildman–Crippen MR) is 139 cm³/mol. The van der Waals surface area contributed by atoms with Crippen molar-refractivity contribution in [3.63, 3.8) is 0 Å². The zero-order valence-corrected chi connectivity index (χ0v) is 20.0. The molecule has 2 aromatic carbocycles. The number of aromatic amines is 1. The molecule has 0 amide bonds. The molecule has 6 nitrogen and oxygen atoms in total. The molecule has 178 valence electrons. The van der Waals surface area contributed by atoms with Gasteiger partial charge in [0.05, 0.1) is 5.02 Å². The van der Waals surface area contributed by atoms with E-state index < -0.39 is 0 Å². The standard InChI is InChI=1S/C28H22ClFN6/c29-24-16-22(30)10-11-23(24)28(19-2-1-3-19)27(21-9-13-26-31-14-15-36(26)17-21)20-7-4-18(5-8-20)6-12-25-32-34-35-33-25/h4-17,19H,1-3H2,(H,32,33,34,35). The molecule has 6 rings (SSSR count). The van der Waals surface area contributed by atoms with Crippen LogP contribution in [0.3, 0.4) is 0 Å². The highest BCUT2D eigenvalue weighted by Crippen LogP contribution is 2.46. The number of halogens is 2. The lowest BCUT2D eigenvalue weighted by Crippen LogP contribution is -2.15. The number of benzene rings is 2. The topological polar surface area (TPSA) is 71.8 Å². The van der Waals surface area contributed by atoms with E-state index in [0.29, 0.717) is 16.8 Å². The summed E-state index contributed by atoms with van der Waals surface area (Å²) in [6, 6.07) is 17.2. The van der Waals surface area contributed by atoms with Gasteiger partial charge in [0.15, 0.2) is 5.82 Å². The van der Waals surface area contributed by atoms with Crippen LogP contribution in [0.15, 0.2) is 73.2 Å². The van der Waals surface area contributed by atoms with Crippen LogP contribution in [0.5, 0.6) is 0 Å². The predicted octanol–water partition coefficient (Wildman–Crippen LogP) is 6.57. The summed E-state index contributed by atoms with van der Waals surface area (Å²) in [5.41, 5.74) is 7.14. The third-order valence-corrected chi connectivity index (χ3v) is 6.98. The minimum absolute atomic E-state index is 0.337. The first kappa shape index (κ1) is 22.4. The van der Waals surface area contributed by atoms with Crippen molar-refractivity contribution < 1.29 is 4.39 Å². The van der Waals surface area contributed by atoms with Crippen molar-refractivity contribution in [1.82, 2.24) is 30.0 Å². The molecule has 1 N–H and O–H groups in total. The number of H-pyrrole nitrogens is 1. The first-order valence-electron chi connectivity index (χ1n) is 11.8. The summed E-state index contributed by atoms with van der Waals surface area (Å²) in [6.07, 6.45) is 12.9. The summed E-state index contributed by atoms with van der Waals surface area (Å²) in [5.74, 6) is 0.529. The Hall–Kier alpha value is -4.10. The normalized spacial score (nSPS) is 14.8. The number of pyridine rings is 1. The Morgan fingerprint density at radius 1 is 1.03 bits per heavy atom. The lowest BCUT2D eigenvalue weighted by atomic mass is 9.73. The average Bonchev–Trinajstić information content (AvgIpc) is 3.54. The quantitative estimate of drug-likeness (QED) is 0.270. The van der Waals surface area contributed by atoms with Crippen molar-refractivity contribution in [3.8, 4) is 0 Å². The third-order valence-electron chi connectivity index (χ3n) is 6.67. The fourth-order valence-corrected chi connectivity index (χ4v) is 4.95. The number of hydrogen-bond acceptors (Lipinski definition) is 4. The van der Waals surface area contributed by atoms with Gasteiger partial charge < -0.3 is 4.40 Å². The first-order valence-corrected chi connectivity index (χ1v) is 12.2. The summed E-state index contributed by atoms with van der Waals surface area (Å²) < 4.78 is 16.0.